The van der Waals surface area contributed by atoms with E-state index in [1.165, 1.54) is 205 Å². The van der Waals surface area contributed by atoms with E-state index >= 15 is 0 Å². The number of aliphatic carboxylic acids is 1. The van der Waals surface area contributed by atoms with Gasteiger partial charge in [0.2, 0.25) is 0 Å². The van der Waals surface area contributed by atoms with Crippen LogP contribution in [0.2, 0.25) is 0 Å². The number of carboxylic acid groups (broad SMARTS) is 1. The van der Waals surface area contributed by atoms with Crippen LogP contribution in [-0.4, -0.2) is 23.2 Å². The van der Waals surface area contributed by atoms with Gasteiger partial charge in [0.1, 0.15) is 6.54 Å². The number of carboxylic acids is 1. The average molecular weight is 637 g/mol. The molecule has 0 amide bonds. The van der Waals surface area contributed by atoms with Crippen LogP contribution in [0.15, 0.2) is 0 Å². The van der Waals surface area contributed by atoms with Crippen molar-refractivity contribution >= 4 is 5.97 Å². The molecule has 0 radical (unpaired) electrons. The maximum atomic E-state index is 11.1. The molecule has 0 unspecified atom stereocenters. The molecule has 3 N–H and O–H groups in total. The fraction of sp³-hybridized carbons (Fsp3) is 0.976. The van der Waals surface area contributed by atoms with Gasteiger partial charge in [-0.1, -0.05) is 226 Å². The van der Waals surface area contributed by atoms with Crippen molar-refractivity contribution in [3.63, 3.8) is 0 Å². The molecule has 0 bridgehead atoms. The molecule has 0 saturated carbocycles. The third-order valence-corrected chi connectivity index (χ3v) is 10.3. The van der Waals surface area contributed by atoms with E-state index in [9.17, 15) is 4.79 Å². The Bertz CT molecular complexity index is 546. The van der Waals surface area contributed by atoms with E-state index in [-0.39, 0.29) is 12.1 Å². The smallest absolute Gasteiger partial charge is 0.318 e. The first-order valence-corrected chi connectivity index (χ1v) is 20.8. The van der Waals surface area contributed by atoms with Crippen LogP contribution in [0.4, 0.5) is 0 Å². The third-order valence-electron chi connectivity index (χ3n) is 10.3. The Morgan fingerprint density at radius 2 is 0.667 bits per heavy atom. The van der Waals surface area contributed by atoms with E-state index in [1.54, 1.807) is 0 Å². The second kappa shape index (κ2) is 36.2. The quantitative estimate of drug-likeness (QED) is 0.0464. The highest BCUT2D eigenvalue weighted by Crippen LogP contribution is 2.26. The molecule has 0 aliphatic carbocycles. The van der Waals surface area contributed by atoms with Gasteiger partial charge < -0.3 is 5.11 Å². The summed E-state index contributed by atoms with van der Waals surface area (Å²) >= 11 is 0. The molecule has 4 heteroatoms. The number of hydrogen-bond acceptors (Lipinski definition) is 3. The van der Waals surface area contributed by atoms with Gasteiger partial charge in [0.15, 0.2) is 0 Å². The molecule has 0 heterocycles. The Morgan fingerprint density at radius 1 is 0.422 bits per heavy atom. The van der Waals surface area contributed by atoms with Crippen molar-refractivity contribution in [2.75, 3.05) is 6.54 Å². The second-order valence-corrected chi connectivity index (χ2v) is 14.6. The fourth-order valence-electron chi connectivity index (χ4n) is 7.02. The Labute approximate surface area is 283 Å². The van der Waals surface area contributed by atoms with E-state index in [0.717, 1.165) is 19.3 Å². The normalized spacial score (nSPS) is 11.9. The third kappa shape index (κ3) is 33.1. The lowest BCUT2D eigenvalue weighted by molar-refractivity contribution is -0.136. The van der Waals surface area contributed by atoms with E-state index < -0.39 is 5.97 Å². The number of hydrogen-bond donors (Lipinski definition) is 3. The second-order valence-electron chi connectivity index (χ2n) is 14.6. The Hall–Kier alpha value is -0.610. The summed E-state index contributed by atoms with van der Waals surface area (Å²) in [4.78, 5) is 11.1. The Balaban J connectivity index is 3.89. The highest BCUT2D eigenvalue weighted by Gasteiger charge is 2.26. The van der Waals surface area contributed by atoms with Crippen molar-refractivity contribution < 1.29 is 9.90 Å². The maximum Gasteiger partial charge on any atom is 0.318 e. The first-order valence-electron chi connectivity index (χ1n) is 20.8. The number of hydrazine groups is 1. The van der Waals surface area contributed by atoms with Crippen molar-refractivity contribution in [2.24, 2.45) is 0 Å². The van der Waals surface area contributed by atoms with Gasteiger partial charge in [-0.25, -0.2) is 5.43 Å². The summed E-state index contributed by atoms with van der Waals surface area (Å²) in [5, 5.41) is 9.13. The van der Waals surface area contributed by atoms with E-state index in [1.807, 2.05) is 0 Å². The molecule has 0 aromatic carbocycles. The van der Waals surface area contributed by atoms with Gasteiger partial charge in [0, 0.05) is 5.54 Å². The van der Waals surface area contributed by atoms with Gasteiger partial charge in [-0.2, -0.15) is 0 Å². The number of nitrogens with one attached hydrogen (secondary N) is 2. The summed E-state index contributed by atoms with van der Waals surface area (Å²) in [6.45, 7) is 6.85. The molecule has 45 heavy (non-hydrogen) atoms. The van der Waals surface area contributed by atoms with E-state index in [0.29, 0.717) is 0 Å². The summed E-state index contributed by atoms with van der Waals surface area (Å²) < 4.78 is 0. The maximum absolute atomic E-state index is 11.1. The van der Waals surface area contributed by atoms with Crippen molar-refractivity contribution in [1.29, 1.82) is 0 Å². The van der Waals surface area contributed by atoms with Crippen LogP contribution in [0, 0.1) is 0 Å². The molecule has 0 aromatic rings. The first-order chi connectivity index (χ1) is 22.1. The lowest BCUT2D eigenvalue weighted by Crippen LogP contribution is -2.53. The minimum Gasteiger partial charge on any atom is -0.480 e. The highest BCUT2D eigenvalue weighted by atomic mass is 16.4. The van der Waals surface area contributed by atoms with Crippen LogP contribution < -0.4 is 10.9 Å². The molecule has 0 aliphatic heterocycles. The largest absolute Gasteiger partial charge is 0.480 e. The minimum absolute atomic E-state index is 0.0142. The van der Waals surface area contributed by atoms with E-state index in [2.05, 4.69) is 31.6 Å². The van der Waals surface area contributed by atoms with Gasteiger partial charge in [-0.15, -0.1) is 0 Å². The number of unbranched alkanes of at least 4 members (excludes halogenated alkanes) is 30. The molecule has 0 aromatic heterocycles. The topological polar surface area (TPSA) is 61.4 Å². The zero-order valence-electron chi connectivity index (χ0n) is 31.3. The molecule has 0 atom stereocenters. The van der Waals surface area contributed by atoms with Crippen molar-refractivity contribution in [1.82, 2.24) is 10.9 Å². The Kier molecular flexibility index (Phi) is 35.7. The molecule has 0 fully saturated rings. The summed E-state index contributed by atoms with van der Waals surface area (Å²) in [6.07, 6.45) is 48.1. The summed E-state index contributed by atoms with van der Waals surface area (Å²) in [6, 6.07) is 0. The molecule has 0 saturated heterocycles. The van der Waals surface area contributed by atoms with Crippen LogP contribution >= 0.6 is 0 Å². The monoisotopic (exact) mass is 637 g/mol. The lowest BCUT2D eigenvalue weighted by Gasteiger charge is -2.34. The van der Waals surface area contributed by atoms with Crippen molar-refractivity contribution in [3.8, 4) is 0 Å². The molecule has 0 aliphatic rings. The molecule has 0 rings (SSSR count). The average Bonchev–Trinajstić information content (AvgIpc) is 3.03. The molecule has 0 spiro atoms. The van der Waals surface area contributed by atoms with Gasteiger partial charge in [-0.3, -0.25) is 10.2 Å². The van der Waals surface area contributed by atoms with Gasteiger partial charge in [-0.05, 0) is 19.3 Å². The molecule has 4 nitrogen and oxygen atoms in total. The Morgan fingerprint density at radius 3 is 0.889 bits per heavy atom. The van der Waals surface area contributed by atoms with Gasteiger partial charge in [0.25, 0.3) is 0 Å². The highest BCUT2D eigenvalue weighted by molar-refractivity contribution is 5.68. The summed E-state index contributed by atoms with van der Waals surface area (Å²) in [7, 11) is 0. The molecule has 270 valence electrons. The predicted molar refractivity (Wildman–Crippen MR) is 200 cm³/mol. The van der Waals surface area contributed by atoms with Crippen LogP contribution in [-0.2, 0) is 4.79 Å². The van der Waals surface area contributed by atoms with Crippen molar-refractivity contribution in [3.05, 3.63) is 0 Å². The van der Waals surface area contributed by atoms with Crippen LogP contribution in [0.1, 0.15) is 245 Å². The first kappa shape index (κ1) is 44.4. The van der Waals surface area contributed by atoms with Crippen LogP contribution in [0.5, 0.6) is 0 Å². The number of rotatable bonds is 39. The van der Waals surface area contributed by atoms with Gasteiger partial charge >= 0.3 is 5.97 Å². The van der Waals surface area contributed by atoms with Crippen LogP contribution in [0.25, 0.3) is 0 Å². The molecular formula is C41H84N2O2. The minimum atomic E-state index is -0.794. The zero-order valence-corrected chi connectivity index (χ0v) is 31.3. The fourth-order valence-corrected chi connectivity index (χ4v) is 7.02. The standard InChI is InChI=1S/C41H84N2O2/c1-4-7-9-11-13-15-17-19-21-23-25-27-29-31-33-35-37-41(6-3,43-42-39-40(44)45)38-36-34-32-30-28-26-24-22-20-18-16-14-12-10-8-5-2/h42-43H,4-39H2,1-3H3,(H,44,45). The lowest BCUT2D eigenvalue weighted by atomic mass is 9.84. The van der Waals surface area contributed by atoms with Crippen molar-refractivity contribution in [2.45, 2.75) is 251 Å². The SMILES string of the molecule is CCCCCCCCCCCCCCCCCCC(CC)(CCCCCCCCCCCCCCCCCC)NNCC(=O)O. The van der Waals surface area contributed by atoms with Crippen LogP contribution in [0.3, 0.4) is 0 Å². The summed E-state index contributed by atoms with van der Waals surface area (Å²) in [5.74, 6) is -0.794. The van der Waals surface area contributed by atoms with E-state index in [4.69, 9.17) is 5.11 Å². The zero-order chi connectivity index (χ0) is 32.9. The summed E-state index contributed by atoms with van der Waals surface area (Å²) in [5.41, 5.74) is 6.55. The predicted octanol–water partition coefficient (Wildman–Crippen LogP) is 13.6. The molecular weight excluding hydrogens is 552 g/mol. The van der Waals surface area contributed by atoms with Gasteiger partial charge in [0.05, 0.1) is 0 Å². The number of carbonyl (C=O) groups is 1.